The van der Waals surface area contributed by atoms with Gasteiger partial charge in [0.05, 0.1) is 5.60 Å². The van der Waals surface area contributed by atoms with Crippen molar-refractivity contribution in [3.8, 4) is 5.75 Å². The highest BCUT2D eigenvalue weighted by Crippen LogP contribution is 2.35. The third kappa shape index (κ3) is 4.23. The van der Waals surface area contributed by atoms with Gasteiger partial charge in [-0.2, -0.15) is 0 Å². The predicted molar refractivity (Wildman–Crippen MR) is 93.8 cm³/mol. The Balaban J connectivity index is 2.26. The smallest absolute Gasteiger partial charge is 0.335 e. The van der Waals surface area contributed by atoms with Gasteiger partial charge in [-0.05, 0) is 30.7 Å². The Morgan fingerprint density at radius 2 is 1.96 bits per heavy atom. The summed E-state index contributed by atoms with van der Waals surface area (Å²) >= 11 is 0. The van der Waals surface area contributed by atoms with Gasteiger partial charge >= 0.3 is 5.97 Å². The van der Waals surface area contributed by atoms with Crippen molar-refractivity contribution < 1.29 is 39.8 Å². The largest absolute Gasteiger partial charge is 0.479 e. The van der Waals surface area contributed by atoms with Crippen LogP contribution in [-0.2, 0) is 15.1 Å². The van der Waals surface area contributed by atoms with Gasteiger partial charge in [-0.1, -0.05) is 26.0 Å². The van der Waals surface area contributed by atoms with Crippen molar-refractivity contribution in [2.24, 2.45) is 11.7 Å². The van der Waals surface area contributed by atoms with E-state index in [0.29, 0.717) is 12.0 Å². The van der Waals surface area contributed by atoms with Gasteiger partial charge in [0.2, 0.25) is 6.29 Å². The first kappa shape index (κ1) is 21.5. The molecule has 0 bridgehead atoms. The first-order valence-corrected chi connectivity index (χ1v) is 8.77. The molecule has 1 aliphatic rings. The fourth-order valence-electron chi connectivity index (χ4n) is 3.15. The van der Waals surface area contributed by atoms with E-state index in [2.05, 4.69) is 0 Å². The standard InChI is InChI=1S/C18H27NO8/c1-3-18(25,9(2)8-19)10-5-4-6-11(7-10)26-17-14(22)12(20)13(21)15(27-17)16(23)24/h4-7,9,12-15,17,20-22,25H,3,8,19H2,1-2H3,(H,23,24)/t9?,12?,13-,14?,15?,17+,18?/m0/s1. The van der Waals surface area contributed by atoms with Gasteiger partial charge in [-0.25, -0.2) is 4.79 Å². The van der Waals surface area contributed by atoms with Crippen LogP contribution in [0.2, 0.25) is 0 Å². The molecule has 5 unspecified atom stereocenters. The number of ether oxygens (including phenoxy) is 2. The molecule has 2 rings (SSSR count). The molecule has 7 atom stereocenters. The maximum atomic E-state index is 11.2. The van der Waals surface area contributed by atoms with Gasteiger partial charge in [0.1, 0.15) is 24.1 Å². The number of rotatable bonds is 7. The summed E-state index contributed by atoms with van der Waals surface area (Å²) < 4.78 is 10.6. The Morgan fingerprint density at radius 1 is 1.30 bits per heavy atom. The molecule has 0 aromatic heterocycles. The van der Waals surface area contributed by atoms with Gasteiger partial charge in [-0.15, -0.1) is 0 Å². The lowest BCUT2D eigenvalue weighted by molar-refractivity contribution is -0.271. The van der Waals surface area contributed by atoms with Gasteiger partial charge < -0.3 is 40.7 Å². The molecule has 1 fully saturated rings. The summed E-state index contributed by atoms with van der Waals surface area (Å²) in [6.45, 7) is 3.91. The Bertz CT molecular complexity index is 656. The average molecular weight is 385 g/mol. The highest BCUT2D eigenvalue weighted by Gasteiger charge is 2.48. The van der Waals surface area contributed by atoms with Crippen molar-refractivity contribution in [1.82, 2.24) is 0 Å². The van der Waals surface area contributed by atoms with Crippen LogP contribution in [-0.4, -0.2) is 68.8 Å². The number of aliphatic carboxylic acids is 1. The number of aliphatic hydroxyl groups is 4. The van der Waals surface area contributed by atoms with Gasteiger partial charge in [-0.3, -0.25) is 0 Å². The van der Waals surface area contributed by atoms with Gasteiger partial charge in [0.15, 0.2) is 6.10 Å². The summed E-state index contributed by atoms with van der Waals surface area (Å²) in [4.78, 5) is 11.2. The summed E-state index contributed by atoms with van der Waals surface area (Å²) in [5.74, 6) is -1.53. The van der Waals surface area contributed by atoms with E-state index in [1.165, 1.54) is 6.07 Å². The normalized spacial score (nSPS) is 31.7. The number of nitrogens with two attached hydrogens (primary N) is 1. The Morgan fingerprint density at radius 3 is 2.52 bits per heavy atom. The van der Waals surface area contributed by atoms with E-state index < -0.39 is 42.3 Å². The van der Waals surface area contributed by atoms with Crippen LogP contribution in [0.15, 0.2) is 24.3 Å². The second-order valence-electron chi connectivity index (χ2n) is 6.80. The number of carboxylic acid groups (broad SMARTS) is 1. The Labute approximate surface area is 157 Å². The van der Waals surface area contributed by atoms with Crippen molar-refractivity contribution >= 4 is 5.97 Å². The summed E-state index contributed by atoms with van der Waals surface area (Å²) in [5.41, 5.74) is 5.04. The lowest BCUT2D eigenvalue weighted by atomic mass is 9.80. The number of hydrogen-bond acceptors (Lipinski definition) is 8. The van der Waals surface area contributed by atoms with E-state index in [9.17, 15) is 25.2 Å². The SMILES string of the molecule is CCC(O)(c1cccc(O[C@@H]2OC(C(=O)O)[C@@H](O)C(O)C2O)c1)C(C)CN. The molecule has 0 saturated carbocycles. The number of carbonyl (C=O) groups is 1. The van der Waals surface area contributed by atoms with E-state index in [0.717, 1.165) is 0 Å². The minimum absolute atomic E-state index is 0.195. The predicted octanol–water partition coefficient (Wildman–Crippen LogP) is -0.850. The molecule has 0 amide bonds. The minimum Gasteiger partial charge on any atom is -0.479 e. The minimum atomic E-state index is -1.79. The molecular formula is C18H27NO8. The van der Waals surface area contributed by atoms with Crippen LogP contribution >= 0.6 is 0 Å². The van der Waals surface area contributed by atoms with Crippen LogP contribution in [0.3, 0.4) is 0 Å². The maximum absolute atomic E-state index is 11.2. The first-order valence-electron chi connectivity index (χ1n) is 8.77. The molecule has 1 aliphatic heterocycles. The van der Waals surface area contributed by atoms with Gasteiger partial charge in [0, 0.05) is 5.92 Å². The van der Waals surface area contributed by atoms with Crippen molar-refractivity contribution in [2.45, 2.75) is 56.6 Å². The van der Waals surface area contributed by atoms with Crippen molar-refractivity contribution in [3.05, 3.63) is 29.8 Å². The second kappa shape index (κ2) is 8.51. The summed E-state index contributed by atoms with van der Waals surface area (Å²) in [6, 6.07) is 6.41. The third-order valence-electron chi connectivity index (χ3n) is 5.11. The molecule has 9 heteroatoms. The Kier molecular flexibility index (Phi) is 6.79. The molecule has 1 saturated heterocycles. The van der Waals surface area contributed by atoms with Crippen LogP contribution in [0, 0.1) is 5.92 Å². The molecule has 9 nitrogen and oxygen atoms in total. The number of hydrogen-bond donors (Lipinski definition) is 6. The molecule has 1 aromatic carbocycles. The third-order valence-corrected chi connectivity index (χ3v) is 5.11. The number of carboxylic acids is 1. The highest BCUT2D eigenvalue weighted by molar-refractivity contribution is 5.73. The van der Waals surface area contributed by atoms with E-state index >= 15 is 0 Å². The summed E-state index contributed by atoms with van der Waals surface area (Å²) in [6.07, 6.45) is -8.06. The van der Waals surface area contributed by atoms with E-state index in [1.54, 1.807) is 18.2 Å². The van der Waals surface area contributed by atoms with Crippen LogP contribution < -0.4 is 10.5 Å². The Hall–Kier alpha value is -1.75. The van der Waals surface area contributed by atoms with Crippen LogP contribution in [0.4, 0.5) is 0 Å². The molecule has 7 N–H and O–H groups in total. The van der Waals surface area contributed by atoms with Crippen LogP contribution in [0.25, 0.3) is 0 Å². The fourth-order valence-corrected chi connectivity index (χ4v) is 3.15. The molecule has 152 valence electrons. The van der Waals surface area contributed by atoms with Crippen molar-refractivity contribution in [3.63, 3.8) is 0 Å². The average Bonchev–Trinajstić information content (AvgIpc) is 2.66. The van der Waals surface area contributed by atoms with Crippen LogP contribution in [0.5, 0.6) is 5.75 Å². The molecule has 27 heavy (non-hydrogen) atoms. The van der Waals surface area contributed by atoms with E-state index in [4.69, 9.17) is 20.3 Å². The lowest BCUT2D eigenvalue weighted by Crippen LogP contribution is -2.61. The molecule has 0 spiro atoms. The molecule has 1 heterocycles. The summed E-state index contributed by atoms with van der Waals surface area (Å²) in [5, 5.41) is 49.7. The molecule has 0 aliphatic carbocycles. The molecule has 1 aromatic rings. The second-order valence-corrected chi connectivity index (χ2v) is 6.80. The highest BCUT2D eigenvalue weighted by atomic mass is 16.7. The zero-order valence-electron chi connectivity index (χ0n) is 15.2. The number of benzene rings is 1. The quantitative estimate of drug-likeness (QED) is 0.351. The topological polar surface area (TPSA) is 163 Å². The fraction of sp³-hybridized carbons (Fsp3) is 0.611. The number of aliphatic hydroxyl groups excluding tert-OH is 3. The first-order chi connectivity index (χ1) is 12.7. The van der Waals surface area contributed by atoms with Gasteiger partial charge in [0.25, 0.3) is 0 Å². The van der Waals surface area contributed by atoms with Crippen molar-refractivity contribution in [1.29, 1.82) is 0 Å². The van der Waals surface area contributed by atoms with E-state index in [1.807, 2.05) is 13.8 Å². The van der Waals surface area contributed by atoms with Crippen molar-refractivity contribution in [2.75, 3.05) is 6.54 Å². The van der Waals surface area contributed by atoms with E-state index in [-0.39, 0.29) is 18.2 Å². The zero-order chi connectivity index (χ0) is 20.4. The summed E-state index contributed by atoms with van der Waals surface area (Å²) in [7, 11) is 0. The van der Waals surface area contributed by atoms with Crippen LogP contribution in [0.1, 0.15) is 25.8 Å². The molecule has 0 radical (unpaired) electrons. The monoisotopic (exact) mass is 385 g/mol. The lowest BCUT2D eigenvalue weighted by Gasteiger charge is -2.38. The zero-order valence-corrected chi connectivity index (χ0v) is 15.2. The maximum Gasteiger partial charge on any atom is 0.335 e. The molecular weight excluding hydrogens is 358 g/mol.